The van der Waals surface area contributed by atoms with E-state index in [0.29, 0.717) is 12.1 Å². The Morgan fingerprint density at radius 2 is 1.74 bits per heavy atom. The molecular weight excluding hydrogens is 358 g/mol. The number of benzene rings is 2. The van der Waals surface area contributed by atoms with Crippen LogP contribution < -0.4 is 14.8 Å². The molecule has 0 aromatic heterocycles. The summed E-state index contributed by atoms with van der Waals surface area (Å²) in [5.41, 5.74) is 1.82. The fourth-order valence-electron chi connectivity index (χ4n) is 2.23. The average molecular weight is 378 g/mol. The van der Waals surface area contributed by atoms with Gasteiger partial charge in [0.05, 0.1) is 14.2 Å². The molecule has 0 unspecified atom stereocenters. The maximum Gasteiger partial charge on any atom is 0.251 e. The van der Waals surface area contributed by atoms with Crippen molar-refractivity contribution in [1.82, 2.24) is 5.32 Å². The molecule has 0 fully saturated rings. The number of hydrogen-bond donors (Lipinski definition) is 1. The highest BCUT2D eigenvalue weighted by atomic mass is 79.9. The van der Waals surface area contributed by atoms with Crippen LogP contribution in [0.1, 0.15) is 22.3 Å². The molecule has 0 saturated heterocycles. The Hall–Kier alpha value is -2.01. The highest BCUT2D eigenvalue weighted by molar-refractivity contribution is 9.10. The van der Waals surface area contributed by atoms with Crippen molar-refractivity contribution in [3.05, 3.63) is 58.1 Å². The summed E-state index contributed by atoms with van der Waals surface area (Å²) in [6.07, 6.45) is 1.72. The van der Waals surface area contributed by atoms with Gasteiger partial charge in [-0.1, -0.05) is 22.0 Å². The minimum Gasteiger partial charge on any atom is -0.493 e. The van der Waals surface area contributed by atoms with Gasteiger partial charge < -0.3 is 14.8 Å². The van der Waals surface area contributed by atoms with Crippen molar-refractivity contribution in [2.45, 2.75) is 12.8 Å². The zero-order chi connectivity index (χ0) is 16.7. The predicted molar refractivity (Wildman–Crippen MR) is 94.3 cm³/mol. The number of aryl methyl sites for hydroxylation is 1. The van der Waals surface area contributed by atoms with Crippen LogP contribution in [0.2, 0.25) is 0 Å². The summed E-state index contributed by atoms with van der Waals surface area (Å²) < 4.78 is 11.5. The SMILES string of the molecule is COc1ccc(CCCNC(=O)c2ccc(Br)cc2)cc1OC. The quantitative estimate of drug-likeness (QED) is 0.745. The topological polar surface area (TPSA) is 47.6 Å². The first-order valence-electron chi connectivity index (χ1n) is 7.38. The fourth-order valence-corrected chi connectivity index (χ4v) is 2.50. The van der Waals surface area contributed by atoms with Crippen molar-refractivity contribution in [2.75, 3.05) is 20.8 Å². The van der Waals surface area contributed by atoms with Gasteiger partial charge in [-0.2, -0.15) is 0 Å². The zero-order valence-corrected chi connectivity index (χ0v) is 14.9. The third-order valence-corrected chi connectivity index (χ3v) is 4.01. The van der Waals surface area contributed by atoms with Crippen LogP contribution in [0.15, 0.2) is 46.9 Å². The molecule has 0 aliphatic heterocycles. The van der Waals surface area contributed by atoms with Gasteiger partial charge in [-0.25, -0.2) is 0 Å². The van der Waals surface area contributed by atoms with Crippen LogP contribution in [0.25, 0.3) is 0 Å². The van der Waals surface area contributed by atoms with E-state index in [1.165, 1.54) is 0 Å². The monoisotopic (exact) mass is 377 g/mol. The summed E-state index contributed by atoms with van der Waals surface area (Å²) in [7, 11) is 3.25. The summed E-state index contributed by atoms with van der Waals surface area (Å²) in [4.78, 5) is 12.0. The Balaban J connectivity index is 1.81. The van der Waals surface area contributed by atoms with Crippen LogP contribution in [-0.4, -0.2) is 26.7 Å². The minimum atomic E-state index is -0.0511. The van der Waals surface area contributed by atoms with Gasteiger partial charge in [-0.15, -0.1) is 0 Å². The van der Waals surface area contributed by atoms with Crippen molar-refractivity contribution >= 4 is 21.8 Å². The Morgan fingerprint density at radius 1 is 1.04 bits per heavy atom. The average Bonchev–Trinajstić information content (AvgIpc) is 2.58. The van der Waals surface area contributed by atoms with E-state index in [1.807, 2.05) is 30.3 Å². The second kappa shape index (κ2) is 8.58. The first-order valence-corrected chi connectivity index (χ1v) is 8.18. The molecule has 0 saturated carbocycles. The number of hydrogen-bond acceptors (Lipinski definition) is 3. The van der Waals surface area contributed by atoms with E-state index in [-0.39, 0.29) is 5.91 Å². The normalized spacial score (nSPS) is 10.2. The lowest BCUT2D eigenvalue weighted by Gasteiger charge is -2.10. The number of amides is 1. The van der Waals surface area contributed by atoms with E-state index in [2.05, 4.69) is 21.2 Å². The van der Waals surface area contributed by atoms with E-state index < -0.39 is 0 Å². The van der Waals surface area contributed by atoms with E-state index >= 15 is 0 Å². The number of carbonyl (C=O) groups excluding carboxylic acids is 1. The van der Waals surface area contributed by atoms with Gasteiger partial charge in [0.2, 0.25) is 0 Å². The van der Waals surface area contributed by atoms with Crippen molar-refractivity contribution in [3.63, 3.8) is 0 Å². The van der Waals surface area contributed by atoms with E-state index in [1.54, 1.807) is 26.4 Å². The standard InChI is InChI=1S/C18H20BrNO3/c1-22-16-10-5-13(12-17(16)23-2)4-3-11-20-18(21)14-6-8-15(19)9-7-14/h5-10,12H,3-4,11H2,1-2H3,(H,20,21). The molecule has 0 aliphatic rings. The van der Waals surface area contributed by atoms with Crippen molar-refractivity contribution in [2.24, 2.45) is 0 Å². The summed E-state index contributed by atoms with van der Waals surface area (Å²) in [6, 6.07) is 13.2. The number of rotatable bonds is 7. The molecule has 0 heterocycles. The third-order valence-electron chi connectivity index (χ3n) is 3.48. The summed E-state index contributed by atoms with van der Waals surface area (Å²) in [5.74, 6) is 1.40. The molecular formula is C18H20BrNO3. The minimum absolute atomic E-state index is 0.0511. The molecule has 0 atom stereocenters. The molecule has 0 bridgehead atoms. The molecule has 5 heteroatoms. The van der Waals surface area contributed by atoms with Crippen LogP contribution in [0.4, 0.5) is 0 Å². The molecule has 122 valence electrons. The van der Waals surface area contributed by atoms with Crippen LogP contribution in [0.5, 0.6) is 11.5 Å². The number of halogens is 1. The van der Waals surface area contributed by atoms with Crippen molar-refractivity contribution in [3.8, 4) is 11.5 Å². The number of nitrogens with one attached hydrogen (secondary N) is 1. The first-order chi connectivity index (χ1) is 11.1. The zero-order valence-electron chi connectivity index (χ0n) is 13.3. The number of carbonyl (C=O) groups is 1. The van der Waals surface area contributed by atoms with Crippen LogP contribution in [0.3, 0.4) is 0 Å². The van der Waals surface area contributed by atoms with Gasteiger partial charge in [0.15, 0.2) is 11.5 Å². The van der Waals surface area contributed by atoms with Crippen molar-refractivity contribution < 1.29 is 14.3 Å². The third kappa shape index (κ3) is 4.99. The Morgan fingerprint density at radius 3 is 2.39 bits per heavy atom. The molecule has 0 aliphatic carbocycles. The second-order valence-corrected chi connectivity index (χ2v) is 5.97. The smallest absolute Gasteiger partial charge is 0.251 e. The van der Waals surface area contributed by atoms with E-state index in [9.17, 15) is 4.79 Å². The van der Waals surface area contributed by atoms with E-state index in [0.717, 1.165) is 34.4 Å². The summed E-state index contributed by atoms with van der Waals surface area (Å²) >= 11 is 3.36. The van der Waals surface area contributed by atoms with Crippen LogP contribution >= 0.6 is 15.9 Å². The first kappa shape index (κ1) is 17.3. The lowest BCUT2D eigenvalue weighted by molar-refractivity contribution is 0.0953. The van der Waals surface area contributed by atoms with E-state index in [4.69, 9.17) is 9.47 Å². The van der Waals surface area contributed by atoms with Gasteiger partial charge in [0.25, 0.3) is 5.91 Å². The lowest BCUT2D eigenvalue weighted by atomic mass is 10.1. The molecule has 0 spiro atoms. The molecule has 4 nitrogen and oxygen atoms in total. The van der Waals surface area contributed by atoms with Gasteiger partial charge in [0, 0.05) is 16.6 Å². The highest BCUT2D eigenvalue weighted by Gasteiger charge is 2.06. The maximum atomic E-state index is 12.0. The molecule has 2 aromatic rings. The van der Waals surface area contributed by atoms with Crippen LogP contribution in [0, 0.1) is 0 Å². The van der Waals surface area contributed by atoms with Gasteiger partial charge in [-0.05, 0) is 54.8 Å². The summed E-state index contributed by atoms with van der Waals surface area (Å²) in [6.45, 7) is 0.628. The number of ether oxygens (including phenoxy) is 2. The van der Waals surface area contributed by atoms with Gasteiger partial charge >= 0.3 is 0 Å². The predicted octanol–water partition coefficient (Wildman–Crippen LogP) is 3.83. The maximum absolute atomic E-state index is 12.0. The fraction of sp³-hybridized carbons (Fsp3) is 0.278. The Labute approximate surface area is 144 Å². The summed E-state index contributed by atoms with van der Waals surface area (Å²) in [5, 5.41) is 2.93. The highest BCUT2D eigenvalue weighted by Crippen LogP contribution is 2.27. The second-order valence-electron chi connectivity index (χ2n) is 5.06. The Bertz CT molecular complexity index is 656. The number of methoxy groups -OCH3 is 2. The molecule has 1 amide bonds. The Kier molecular flexibility index (Phi) is 6.47. The van der Waals surface area contributed by atoms with Gasteiger partial charge in [0.1, 0.15) is 0 Å². The molecule has 2 rings (SSSR count). The molecule has 1 N–H and O–H groups in total. The molecule has 23 heavy (non-hydrogen) atoms. The van der Waals surface area contributed by atoms with Gasteiger partial charge in [-0.3, -0.25) is 4.79 Å². The largest absolute Gasteiger partial charge is 0.493 e. The lowest BCUT2D eigenvalue weighted by Crippen LogP contribution is -2.24. The molecule has 2 aromatic carbocycles. The molecule has 0 radical (unpaired) electrons. The van der Waals surface area contributed by atoms with Crippen LogP contribution in [-0.2, 0) is 6.42 Å². The van der Waals surface area contributed by atoms with Crippen molar-refractivity contribution in [1.29, 1.82) is 0 Å².